The maximum atomic E-state index is 11.4. The highest BCUT2D eigenvalue weighted by Crippen LogP contribution is 2.47. The minimum atomic E-state index is 0.148. The van der Waals surface area contributed by atoms with E-state index in [9.17, 15) is 4.79 Å². The predicted octanol–water partition coefficient (Wildman–Crippen LogP) is 1.97. The van der Waals surface area contributed by atoms with E-state index < -0.39 is 0 Å². The number of nitrogens with one attached hydrogen (secondary N) is 1. The molecule has 100 valence electrons. The molecular formula is C14H22N2O2. The minimum absolute atomic E-state index is 0.148. The summed E-state index contributed by atoms with van der Waals surface area (Å²) in [6, 6.07) is 4.11. The summed E-state index contributed by atoms with van der Waals surface area (Å²) >= 11 is 0. The van der Waals surface area contributed by atoms with Gasteiger partial charge in [0.1, 0.15) is 11.5 Å². The van der Waals surface area contributed by atoms with Crippen molar-refractivity contribution in [1.29, 1.82) is 0 Å². The lowest BCUT2D eigenvalue weighted by Gasteiger charge is -2.09. The molecule has 1 aromatic heterocycles. The third kappa shape index (κ3) is 3.35. The van der Waals surface area contributed by atoms with Gasteiger partial charge in [0.2, 0.25) is 5.91 Å². The number of rotatable bonds is 6. The molecule has 0 aliphatic heterocycles. The van der Waals surface area contributed by atoms with E-state index in [1.54, 1.807) is 19.0 Å². The Morgan fingerprint density at radius 3 is 2.83 bits per heavy atom. The Morgan fingerprint density at radius 1 is 1.50 bits per heavy atom. The normalized spacial score (nSPS) is 21.9. The summed E-state index contributed by atoms with van der Waals surface area (Å²) in [5.41, 5.74) is 0. The standard InChI is InChI=1S/C14H22N2O2/c1-10-8-12(10)13-5-4-11(18-13)9-15-7-6-14(17)16(2)3/h4-5,10,12,15H,6-9H2,1-3H3. The molecule has 0 aromatic carbocycles. The van der Waals surface area contributed by atoms with Crippen LogP contribution in [0.1, 0.15) is 37.2 Å². The fourth-order valence-corrected chi connectivity index (χ4v) is 2.04. The lowest BCUT2D eigenvalue weighted by Crippen LogP contribution is -2.26. The molecule has 0 spiro atoms. The van der Waals surface area contributed by atoms with E-state index in [0.717, 1.165) is 17.4 Å². The lowest BCUT2D eigenvalue weighted by atomic mass is 10.3. The van der Waals surface area contributed by atoms with Gasteiger partial charge < -0.3 is 14.6 Å². The minimum Gasteiger partial charge on any atom is -0.464 e. The average Bonchev–Trinajstić information content (AvgIpc) is 2.89. The Hall–Kier alpha value is -1.29. The van der Waals surface area contributed by atoms with Gasteiger partial charge in [-0.1, -0.05) is 6.92 Å². The monoisotopic (exact) mass is 250 g/mol. The van der Waals surface area contributed by atoms with E-state index in [0.29, 0.717) is 25.4 Å². The third-order valence-electron chi connectivity index (χ3n) is 3.47. The van der Waals surface area contributed by atoms with Crippen LogP contribution in [0, 0.1) is 5.92 Å². The Kier molecular flexibility index (Phi) is 4.07. The van der Waals surface area contributed by atoms with E-state index in [1.807, 2.05) is 6.07 Å². The van der Waals surface area contributed by atoms with Crippen molar-refractivity contribution in [2.75, 3.05) is 20.6 Å². The number of hydrogen-bond donors (Lipinski definition) is 1. The Bertz CT molecular complexity index is 412. The number of carbonyl (C=O) groups excluding carboxylic acids is 1. The zero-order chi connectivity index (χ0) is 13.1. The number of amides is 1. The van der Waals surface area contributed by atoms with Crippen LogP contribution in [0.5, 0.6) is 0 Å². The summed E-state index contributed by atoms with van der Waals surface area (Å²) in [7, 11) is 3.55. The van der Waals surface area contributed by atoms with Crippen molar-refractivity contribution in [3.8, 4) is 0 Å². The highest BCUT2D eigenvalue weighted by Gasteiger charge is 2.36. The number of hydrogen-bond acceptors (Lipinski definition) is 3. The molecule has 0 radical (unpaired) electrons. The number of nitrogens with zero attached hydrogens (tertiary/aromatic N) is 1. The van der Waals surface area contributed by atoms with E-state index in [-0.39, 0.29) is 5.91 Å². The fraction of sp³-hybridized carbons (Fsp3) is 0.643. The number of furan rings is 1. The molecule has 1 fully saturated rings. The molecule has 1 saturated carbocycles. The topological polar surface area (TPSA) is 45.5 Å². The summed E-state index contributed by atoms with van der Waals surface area (Å²) in [5, 5.41) is 3.23. The molecule has 2 unspecified atom stereocenters. The first-order valence-corrected chi connectivity index (χ1v) is 6.57. The number of carbonyl (C=O) groups is 1. The van der Waals surface area contributed by atoms with Crippen LogP contribution in [-0.2, 0) is 11.3 Å². The van der Waals surface area contributed by atoms with E-state index in [1.165, 1.54) is 6.42 Å². The molecular weight excluding hydrogens is 228 g/mol. The van der Waals surface area contributed by atoms with E-state index in [4.69, 9.17) is 4.42 Å². The van der Waals surface area contributed by atoms with Gasteiger partial charge in [0, 0.05) is 33.0 Å². The summed E-state index contributed by atoms with van der Waals surface area (Å²) < 4.78 is 5.77. The van der Waals surface area contributed by atoms with Crippen LogP contribution in [-0.4, -0.2) is 31.4 Å². The largest absolute Gasteiger partial charge is 0.464 e. The molecule has 1 amide bonds. The van der Waals surface area contributed by atoms with Gasteiger partial charge in [-0.15, -0.1) is 0 Å². The van der Waals surface area contributed by atoms with Crippen LogP contribution in [0.3, 0.4) is 0 Å². The van der Waals surface area contributed by atoms with Gasteiger partial charge in [0.15, 0.2) is 0 Å². The van der Waals surface area contributed by atoms with Gasteiger partial charge in [0.25, 0.3) is 0 Å². The molecule has 1 heterocycles. The lowest BCUT2D eigenvalue weighted by molar-refractivity contribution is -0.128. The second-order valence-corrected chi connectivity index (χ2v) is 5.34. The molecule has 2 atom stereocenters. The molecule has 1 aromatic rings. The van der Waals surface area contributed by atoms with Crippen molar-refractivity contribution in [3.63, 3.8) is 0 Å². The Labute approximate surface area is 108 Å². The van der Waals surface area contributed by atoms with Gasteiger partial charge in [-0.3, -0.25) is 4.79 Å². The van der Waals surface area contributed by atoms with Crippen molar-refractivity contribution < 1.29 is 9.21 Å². The van der Waals surface area contributed by atoms with Gasteiger partial charge in [-0.05, 0) is 24.5 Å². The fourth-order valence-electron chi connectivity index (χ4n) is 2.04. The van der Waals surface area contributed by atoms with Crippen LogP contribution in [0.15, 0.2) is 16.5 Å². The van der Waals surface area contributed by atoms with E-state index >= 15 is 0 Å². The second kappa shape index (κ2) is 5.57. The maximum Gasteiger partial charge on any atom is 0.223 e. The van der Waals surface area contributed by atoms with Crippen molar-refractivity contribution in [2.45, 2.75) is 32.2 Å². The SMILES string of the molecule is CC1CC1c1ccc(CNCCC(=O)N(C)C)o1. The summed E-state index contributed by atoms with van der Waals surface area (Å²) in [6.07, 6.45) is 1.78. The molecule has 1 aliphatic rings. The first kappa shape index (κ1) is 13.1. The molecule has 1 aliphatic carbocycles. The second-order valence-electron chi connectivity index (χ2n) is 5.34. The third-order valence-corrected chi connectivity index (χ3v) is 3.47. The first-order valence-electron chi connectivity index (χ1n) is 6.57. The summed E-state index contributed by atoms with van der Waals surface area (Å²) in [5.74, 6) is 3.63. The quantitative estimate of drug-likeness (QED) is 0.785. The summed E-state index contributed by atoms with van der Waals surface area (Å²) in [4.78, 5) is 13.0. The van der Waals surface area contributed by atoms with Crippen LogP contribution >= 0.6 is 0 Å². The van der Waals surface area contributed by atoms with Crippen LogP contribution < -0.4 is 5.32 Å². The van der Waals surface area contributed by atoms with Crippen molar-refractivity contribution in [3.05, 3.63) is 23.7 Å². The van der Waals surface area contributed by atoms with Crippen molar-refractivity contribution in [1.82, 2.24) is 10.2 Å². The van der Waals surface area contributed by atoms with E-state index in [2.05, 4.69) is 18.3 Å². The van der Waals surface area contributed by atoms with Crippen LogP contribution in [0.4, 0.5) is 0 Å². The highest BCUT2D eigenvalue weighted by atomic mass is 16.3. The van der Waals surface area contributed by atoms with Gasteiger partial charge in [0.05, 0.1) is 6.54 Å². The molecule has 2 rings (SSSR count). The zero-order valence-corrected chi connectivity index (χ0v) is 11.4. The summed E-state index contributed by atoms with van der Waals surface area (Å²) in [6.45, 7) is 3.63. The maximum absolute atomic E-state index is 11.4. The van der Waals surface area contributed by atoms with Crippen molar-refractivity contribution >= 4 is 5.91 Å². The highest BCUT2D eigenvalue weighted by molar-refractivity contribution is 5.75. The van der Waals surface area contributed by atoms with Gasteiger partial charge in [-0.2, -0.15) is 0 Å². The van der Waals surface area contributed by atoms with Crippen molar-refractivity contribution in [2.24, 2.45) is 5.92 Å². The predicted molar refractivity (Wildman–Crippen MR) is 70.2 cm³/mol. The van der Waals surface area contributed by atoms with Gasteiger partial charge >= 0.3 is 0 Å². The first-order chi connectivity index (χ1) is 8.58. The van der Waals surface area contributed by atoms with Crippen LogP contribution in [0.2, 0.25) is 0 Å². The van der Waals surface area contributed by atoms with Gasteiger partial charge in [-0.25, -0.2) is 0 Å². The zero-order valence-electron chi connectivity index (χ0n) is 11.4. The molecule has 0 bridgehead atoms. The molecule has 4 heteroatoms. The smallest absolute Gasteiger partial charge is 0.223 e. The molecule has 1 N–H and O–H groups in total. The van der Waals surface area contributed by atoms with Crippen LogP contribution in [0.25, 0.3) is 0 Å². The molecule has 18 heavy (non-hydrogen) atoms. The Morgan fingerprint density at radius 2 is 2.22 bits per heavy atom. The molecule has 0 saturated heterocycles. The Balaban J connectivity index is 1.67. The molecule has 4 nitrogen and oxygen atoms in total. The average molecular weight is 250 g/mol.